The number of amides is 2. The van der Waals surface area contributed by atoms with Gasteiger partial charge in [0.25, 0.3) is 5.56 Å². The topological polar surface area (TPSA) is 67.2 Å². The minimum atomic E-state index is -0.646. The first-order valence-electron chi connectivity index (χ1n) is 12.2. The van der Waals surface area contributed by atoms with Crippen LogP contribution in [0.1, 0.15) is 24.4 Å². The van der Waals surface area contributed by atoms with Crippen molar-refractivity contribution in [2.75, 3.05) is 5.32 Å². The average molecular weight is 578 g/mol. The lowest BCUT2D eigenvalue weighted by Gasteiger charge is -2.31. The van der Waals surface area contributed by atoms with Crippen molar-refractivity contribution >= 4 is 57.4 Å². The van der Waals surface area contributed by atoms with E-state index in [0.29, 0.717) is 43.2 Å². The summed E-state index contributed by atoms with van der Waals surface area (Å²) in [5.74, 6) is 0.384. The summed E-state index contributed by atoms with van der Waals surface area (Å²) in [5.41, 5.74) is 2.14. The standard InChI is InChI=1S/C30H23Cl3N4O2/c1-19(28-34-26-13-6-5-12-24(26)29(38)37(28)23-11-7-10-21(31)16-23)36(18-20-8-3-2-4-9-20)30(39)35-27-15-14-22(32)17-25(27)33/h2-17,19H,18H2,1H3,(H,35,39). The SMILES string of the molecule is CC(c1nc2ccccc2c(=O)n1-c1cccc(Cl)c1)N(Cc1ccccc1)C(=O)Nc1ccc(Cl)cc1Cl. The molecule has 1 aromatic heterocycles. The Hall–Kier alpha value is -3.84. The van der Waals surface area contributed by atoms with Crippen LogP contribution in [0, 0.1) is 0 Å². The van der Waals surface area contributed by atoms with Crippen molar-refractivity contribution in [1.29, 1.82) is 0 Å². The Labute approximate surface area is 240 Å². The number of urea groups is 1. The summed E-state index contributed by atoms with van der Waals surface area (Å²) in [6.07, 6.45) is 0. The van der Waals surface area contributed by atoms with Gasteiger partial charge in [-0.3, -0.25) is 9.36 Å². The first-order chi connectivity index (χ1) is 18.8. The zero-order valence-corrected chi connectivity index (χ0v) is 23.1. The number of carbonyl (C=O) groups excluding carboxylic acids is 1. The summed E-state index contributed by atoms with van der Waals surface area (Å²) < 4.78 is 1.51. The third-order valence-corrected chi connectivity index (χ3v) is 7.12. The van der Waals surface area contributed by atoms with Crippen LogP contribution in [0.4, 0.5) is 10.5 Å². The first-order valence-corrected chi connectivity index (χ1v) is 13.3. The number of rotatable bonds is 6. The predicted octanol–water partition coefficient (Wildman–Crippen LogP) is 8.14. The van der Waals surface area contributed by atoms with Gasteiger partial charge in [0, 0.05) is 16.6 Å². The van der Waals surface area contributed by atoms with Gasteiger partial charge in [0.05, 0.1) is 33.3 Å². The molecule has 1 atom stereocenters. The van der Waals surface area contributed by atoms with E-state index in [1.165, 1.54) is 4.57 Å². The maximum Gasteiger partial charge on any atom is 0.322 e. The molecule has 0 spiro atoms. The van der Waals surface area contributed by atoms with Crippen molar-refractivity contribution in [3.8, 4) is 5.69 Å². The summed E-state index contributed by atoms with van der Waals surface area (Å²) in [5, 5.41) is 4.59. The van der Waals surface area contributed by atoms with Crippen molar-refractivity contribution in [1.82, 2.24) is 14.5 Å². The van der Waals surface area contributed by atoms with Gasteiger partial charge in [-0.1, -0.05) is 83.3 Å². The predicted molar refractivity (Wildman–Crippen MR) is 158 cm³/mol. The molecule has 5 rings (SSSR count). The van der Waals surface area contributed by atoms with Crippen LogP contribution in [0.15, 0.2) is 102 Å². The van der Waals surface area contributed by atoms with Crippen molar-refractivity contribution < 1.29 is 4.79 Å². The summed E-state index contributed by atoms with van der Waals surface area (Å²) in [7, 11) is 0. The number of hydrogen-bond donors (Lipinski definition) is 1. The second-order valence-corrected chi connectivity index (χ2v) is 10.2. The van der Waals surface area contributed by atoms with Gasteiger partial charge in [-0.05, 0) is 61.0 Å². The number of anilines is 1. The van der Waals surface area contributed by atoms with Gasteiger partial charge < -0.3 is 10.2 Å². The summed E-state index contributed by atoms with van der Waals surface area (Å²) in [4.78, 5) is 34.1. The molecule has 1 unspecified atom stereocenters. The minimum Gasteiger partial charge on any atom is -0.310 e. The van der Waals surface area contributed by atoms with Gasteiger partial charge in [-0.2, -0.15) is 0 Å². The van der Waals surface area contributed by atoms with Gasteiger partial charge >= 0.3 is 6.03 Å². The van der Waals surface area contributed by atoms with Crippen LogP contribution in [0.25, 0.3) is 16.6 Å². The smallest absolute Gasteiger partial charge is 0.310 e. The van der Waals surface area contributed by atoms with Gasteiger partial charge in [-0.15, -0.1) is 0 Å². The number of aromatic nitrogens is 2. The molecule has 0 aliphatic rings. The van der Waals surface area contributed by atoms with Crippen LogP contribution in [-0.2, 0) is 6.54 Å². The Balaban J connectivity index is 1.65. The van der Waals surface area contributed by atoms with Crippen LogP contribution in [-0.4, -0.2) is 20.5 Å². The lowest BCUT2D eigenvalue weighted by Crippen LogP contribution is -2.39. The number of nitrogens with one attached hydrogen (secondary N) is 1. The molecule has 1 heterocycles. The third-order valence-electron chi connectivity index (χ3n) is 6.34. The number of para-hydroxylation sites is 1. The molecule has 5 aromatic rings. The Kier molecular flexibility index (Phi) is 7.89. The largest absolute Gasteiger partial charge is 0.322 e. The molecule has 0 aliphatic heterocycles. The quantitative estimate of drug-likeness (QED) is 0.221. The molecule has 0 aliphatic carbocycles. The summed E-state index contributed by atoms with van der Waals surface area (Å²) in [6, 6.07) is 27.5. The zero-order chi connectivity index (χ0) is 27.5. The highest BCUT2D eigenvalue weighted by Gasteiger charge is 2.28. The lowest BCUT2D eigenvalue weighted by atomic mass is 10.1. The lowest BCUT2D eigenvalue weighted by molar-refractivity contribution is 0.185. The number of fused-ring (bicyclic) bond motifs is 1. The van der Waals surface area contributed by atoms with E-state index in [-0.39, 0.29) is 12.1 Å². The molecular formula is C30H23Cl3N4O2. The van der Waals surface area contributed by atoms with Gasteiger partial charge in [-0.25, -0.2) is 9.78 Å². The molecule has 4 aromatic carbocycles. The van der Waals surface area contributed by atoms with E-state index in [0.717, 1.165) is 5.56 Å². The van der Waals surface area contributed by atoms with E-state index < -0.39 is 12.1 Å². The normalized spacial score (nSPS) is 11.8. The summed E-state index contributed by atoms with van der Waals surface area (Å²) >= 11 is 18.7. The van der Waals surface area contributed by atoms with E-state index in [2.05, 4.69) is 5.32 Å². The van der Waals surface area contributed by atoms with E-state index in [1.807, 2.05) is 43.3 Å². The van der Waals surface area contributed by atoms with Crippen LogP contribution in [0.3, 0.4) is 0 Å². The molecule has 196 valence electrons. The highest BCUT2D eigenvalue weighted by Crippen LogP contribution is 2.29. The molecule has 0 saturated carbocycles. The van der Waals surface area contributed by atoms with Gasteiger partial charge in [0.15, 0.2) is 0 Å². The second kappa shape index (κ2) is 11.5. The van der Waals surface area contributed by atoms with E-state index in [1.54, 1.807) is 65.6 Å². The monoisotopic (exact) mass is 576 g/mol. The Morgan fingerprint density at radius 1 is 0.897 bits per heavy atom. The van der Waals surface area contributed by atoms with Crippen LogP contribution in [0.2, 0.25) is 15.1 Å². The van der Waals surface area contributed by atoms with Crippen LogP contribution >= 0.6 is 34.8 Å². The average Bonchev–Trinajstić information content (AvgIpc) is 2.93. The fourth-order valence-corrected chi connectivity index (χ4v) is 5.02. The number of carbonyl (C=O) groups is 1. The maximum absolute atomic E-state index is 13.8. The molecule has 9 heteroatoms. The molecule has 39 heavy (non-hydrogen) atoms. The minimum absolute atomic E-state index is 0.247. The molecule has 0 bridgehead atoms. The van der Waals surface area contributed by atoms with E-state index in [9.17, 15) is 9.59 Å². The highest BCUT2D eigenvalue weighted by molar-refractivity contribution is 6.36. The molecular weight excluding hydrogens is 555 g/mol. The fourth-order valence-electron chi connectivity index (χ4n) is 4.38. The molecule has 1 N–H and O–H groups in total. The Bertz CT molecular complexity index is 1720. The number of nitrogens with zero attached hydrogens (tertiary/aromatic N) is 3. The molecule has 0 radical (unpaired) electrons. The zero-order valence-electron chi connectivity index (χ0n) is 20.8. The Morgan fingerprint density at radius 2 is 1.62 bits per heavy atom. The van der Waals surface area contributed by atoms with Gasteiger partial charge in [0.1, 0.15) is 5.82 Å². The van der Waals surface area contributed by atoms with Crippen molar-refractivity contribution in [3.63, 3.8) is 0 Å². The highest BCUT2D eigenvalue weighted by atomic mass is 35.5. The van der Waals surface area contributed by atoms with Crippen LogP contribution < -0.4 is 10.9 Å². The fraction of sp³-hybridized carbons (Fsp3) is 0.100. The molecule has 2 amide bonds. The molecule has 0 saturated heterocycles. The summed E-state index contributed by atoms with van der Waals surface area (Å²) in [6.45, 7) is 2.08. The van der Waals surface area contributed by atoms with E-state index in [4.69, 9.17) is 39.8 Å². The molecule has 6 nitrogen and oxygen atoms in total. The maximum atomic E-state index is 13.8. The Morgan fingerprint density at radius 3 is 2.36 bits per heavy atom. The van der Waals surface area contributed by atoms with Crippen LogP contribution in [0.5, 0.6) is 0 Å². The molecule has 0 fully saturated rings. The van der Waals surface area contributed by atoms with Crippen molar-refractivity contribution in [3.05, 3.63) is 134 Å². The first kappa shape index (κ1) is 26.8. The third kappa shape index (κ3) is 5.78. The number of halogens is 3. The number of hydrogen-bond acceptors (Lipinski definition) is 3. The van der Waals surface area contributed by atoms with Crippen molar-refractivity contribution in [2.24, 2.45) is 0 Å². The number of benzene rings is 4. The second-order valence-electron chi connectivity index (χ2n) is 8.95. The van der Waals surface area contributed by atoms with Crippen molar-refractivity contribution in [2.45, 2.75) is 19.5 Å². The van der Waals surface area contributed by atoms with Gasteiger partial charge in [0.2, 0.25) is 0 Å². The van der Waals surface area contributed by atoms with E-state index >= 15 is 0 Å².